The van der Waals surface area contributed by atoms with Crippen LogP contribution < -0.4 is 0 Å². The molecule has 30 heavy (non-hydrogen) atoms. The van der Waals surface area contributed by atoms with Crippen molar-refractivity contribution in [3.63, 3.8) is 0 Å². The number of carbonyl (C=O) groups excluding carboxylic acids is 2. The predicted molar refractivity (Wildman–Crippen MR) is 103 cm³/mol. The molecule has 2 aromatic rings. The maximum absolute atomic E-state index is 12.2. The Kier molecular flexibility index (Phi) is 6.70. The molecule has 0 saturated carbocycles. The van der Waals surface area contributed by atoms with Gasteiger partial charge in [-0.2, -0.15) is 0 Å². The van der Waals surface area contributed by atoms with E-state index in [1.165, 1.54) is 0 Å². The molecule has 0 N–H and O–H groups in total. The number of benzene rings is 2. The zero-order valence-corrected chi connectivity index (χ0v) is 16.2. The van der Waals surface area contributed by atoms with Gasteiger partial charge in [-0.15, -0.1) is 0 Å². The molecule has 4 rings (SSSR count). The summed E-state index contributed by atoms with van der Waals surface area (Å²) in [5.74, 6) is -0.886. The summed E-state index contributed by atoms with van der Waals surface area (Å²) in [4.78, 5) is 24.3. The van der Waals surface area contributed by atoms with Crippen LogP contribution in [0.15, 0.2) is 60.7 Å². The Morgan fingerprint density at radius 1 is 0.667 bits per heavy atom. The molecular weight excluding hydrogens is 392 g/mol. The zero-order chi connectivity index (χ0) is 20.8. The van der Waals surface area contributed by atoms with E-state index in [1.54, 1.807) is 48.5 Å². The fourth-order valence-electron chi connectivity index (χ4n) is 3.34. The minimum atomic E-state index is -0.517. The van der Waals surface area contributed by atoms with E-state index in [-0.39, 0.29) is 26.8 Å². The largest absolute Gasteiger partial charge is 0.459 e. The number of ether oxygens (including phenoxy) is 6. The third-order valence-electron chi connectivity index (χ3n) is 4.92. The second-order valence-electron chi connectivity index (χ2n) is 6.84. The van der Waals surface area contributed by atoms with Gasteiger partial charge in [0.2, 0.25) is 0 Å². The molecule has 0 bridgehead atoms. The highest BCUT2D eigenvalue weighted by Crippen LogP contribution is 2.26. The first kappa shape index (κ1) is 20.5. The van der Waals surface area contributed by atoms with Gasteiger partial charge in [-0.3, -0.25) is 0 Å². The van der Waals surface area contributed by atoms with Crippen molar-refractivity contribution in [3.05, 3.63) is 71.8 Å². The highest BCUT2D eigenvalue weighted by Gasteiger charge is 2.45. The van der Waals surface area contributed by atoms with Crippen molar-refractivity contribution in [2.24, 2.45) is 0 Å². The fraction of sp³-hybridized carbons (Fsp3) is 0.364. The van der Waals surface area contributed by atoms with Gasteiger partial charge < -0.3 is 28.4 Å². The van der Waals surface area contributed by atoms with E-state index in [9.17, 15) is 9.59 Å². The van der Waals surface area contributed by atoms with E-state index in [0.29, 0.717) is 11.1 Å². The van der Waals surface area contributed by atoms with Crippen molar-refractivity contribution in [2.75, 3.05) is 26.8 Å². The predicted octanol–water partition coefficient (Wildman–Crippen LogP) is 2.18. The van der Waals surface area contributed by atoms with Crippen molar-refractivity contribution in [1.82, 2.24) is 0 Å². The second-order valence-corrected chi connectivity index (χ2v) is 6.84. The molecule has 8 nitrogen and oxygen atoms in total. The van der Waals surface area contributed by atoms with Crippen LogP contribution in [-0.4, -0.2) is 63.2 Å². The third kappa shape index (κ3) is 4.85. The quantitative estimate of drug-likeness (QED) is 0.637. The summed E-state index contributed by atoms with van der Waals surface area (Å²) < 4.78 is 33.2. The first-order valence-corrected chi connectivity index (χ1v) is 9.63. The zero-order valence-electron chi connectivity index (χ0n) is 16.2. The molecule has 2 fully saturated rings. The highest BCUT2D eigenvalue weighted by atomic mass is 16.8. The van der Waals surface area contributed by atoms with Crippen LogP contribution in [0.3, 0.4) is 0 Å². The lowest BCUT2D eigenvalue weighted by Crippen LogP contribution is -2.45. The van der Waals surface area contributed by atoms with Gasteiger partial charge in [-0.25, -0.2) is 9.59 Å². The Bertz CT molecular complexity index is 769. The molecule has 2 heterocycles. The van der Waals surface area contributed by atoms with Crippen LogP contribution in [0, 0.1) is 0 Å². The number of esters is 2. The molecule has 2 saturated heterocycles. The molecule has 2 aromatic carbocycles. The summed E-state index contributed by atoms with van der Waals surface area (Å²) in [6.45, 7) is 0.118. The lowest BCUT2D eigenvalue weighted by molar-refractivity contribution is -0.0418. The van der Waals surface area contributed by atoms with Crippen molar-refractivity contribution in [3.8, 4) is 0 Å². The van der Waals surface area contributed by atoms with Crippen LogP contribution in [0.4, 0.5) is 0 Å². The van der Waals surface area contributed by atoms with Crippen molar-refractivity contribution in [1.29, 1.82) is 0 Å². The van der Waals surface area contributed by atoms with E-state index in [4.69, 9.17) is 28.4 Å². The lowest BCUT2D eigenvalue weighted by Gasteiger charge is -2.25. The Morgan fingerprint density at radius 3 is 1.47 bits per heavy atom. The van der Waals surface area contributed by atoms with Crippen molar-refractivity contribution in [2.45, 2.75) is 24.4 Å². The molecular formula is C22H22O8. The number of hydrogen-bond acceptors (Lipinski definition) is 8. The normalized spacial score (nSPS) is 25.7. The molecule has 2 aliphatic rings. The molecule has 0 amide bonds. The van der Waals surface area contributed by atoms with Gasteiger partial charge in [0.25, 0.3) is 0 Å². The Balaban J connectivity index is 1.31. The molecule has 0 aliphatic carbocycles. The highest BCUT2D eigenvalue weighted by molar-refractivity contribution is 5.89. The lowest BCUT2D eigenvalue weighted by atomic mass is 10.0. The topological polar surface area (TPSA) is 89.5 Å². The summed E-state index contributed by atoms with van der Waals surface area (Å²) in [6.07, 6.45) is -2.07. The van der Waals surface area contributed by atoms with E-state index in [1.807, 2.05) is 12.1 Å². The molecule has 2 aliphatic heterocycles. The van der Waals surface area contributed by atoms with E-state index < -0.39 is 36.4 Å². The summed E-state index contributed by atoms with van der Waals surface area (Å²) in [5, 5.41) is 0. The van der Waals surface area contributed by atoms with Crippen molar-refractivity contribution < 1.29 is 38.0 Å². The van der Waals surface area contributed by atoms with Crippen LogP contribution in [0.25, 0.3) is 0 Å². The number of carbonyl (C=O) groups is 2. The molecule has 0 unspecified atom stereocenters. The average Bonchev–Trinajstić information content (AvgIpc) is 3.45. The van der Waals surface area contributed by atoms with Gasteiger partial charge in [-0.05, 0) is 24.3 Å². The average molecular weight is 414 g/mol. The molecule has 0 radical (unpaired) electrons. The van der Waals surface area contributed by atoms with Crippen LogP contribution in [0.5, 0.6) is 0 Å². The van der Waals surface area contributed by atoms with Gasteiger partial charge in [0.1, 0.15) is 51.2 Å². The molecule has 4 atom stereocenters. The molecule has 0 spiro atoms. The van der Waals surface area contributed by atoms with E-state index in [2.05, 4.69) is 0 Å². The van der Waals surface area contributed by atoms with Gasteiger partial charge in [0.05, 0.1) is 11.1 Å². The maximum Gasteiger partial charge on any atom is 0.338 e. The van der Waals surface area contributed by atoms with E-state index >= 15 is 0 Å². The van der Waals surface area contributed by atoms with Gasteiger partial charge in [-0.1, -0.05) is 36.4 Å². The third-order valence-corrected chi connectivity index (χ3v) is 4.92. The SMILES string of the molecule is O=C(OC[C@@H]1OCO[C@@H]1[C@H]1OCO[C@@H]1COC(=O)c1ccccc1)c1ccccc1. The Labute approximate surface area is 173 Å². The van der Waals surface area contributed by atoms with Gasteiger partial charge in [0.15, 0.2) is 0 Å². The summed E-state index contributed by atoms with van der Waals surface area (Å²) in [6, 6.07) is 17.4. The second kappa shape index (κ2) is 9.82. The first-order valence-electron chi connectivity index (χ1n) is 9.63. The fourth-order valence-corrected chi connectivity index (χ4v) is 3.34. The van der Waals surface area contributed by atoms with Crippen molar-refractivity contribution >= 4 is 11.9 Å². The summed E-state index contributed by atoms with van der Waals surface area (Å²) in [7, 11) is 0. The Morgan fingerprint density at radius 2 is 1.07 bits per heavy atom. The van der Waals surface area contributed by atoms with Crippen LogP contribution in [0.1, 0.15) is 20.7 Å². The minimum absolute atomic E-state index is 0.00871. The van der Waals surface area contributed by atoms with E-state index in [0.717, 1.165) is 0 Å². The minimum Gasteiger partial charge on any atom is -0.459 e. The number of hydrogen-bond donors (Lipinski definition) is 0. The maximum atomic E-state index is 12.2. The molecule has 0 aromatic heterocycles. The summed E-state index contributed by atoms with van der Waals surface area (Å²) in [5.41, 5.74) is 0.915. The van der Waals surface area contributed by atoms with Gasteiger partial charge >= 0.3 is 11.9 Å². The van der Waals surface area contributed by atoms with Crippen LogP contribution in [0.2, 0.25) is 0 Å². The standard InChI is InChI=1S/C22H22O8/c23-21(15-7-3-1-4-8-15)25-11-17-19(29-13-27-17)20-18(28-14-30-20)12-26-22(24)16-9-5-2-6-10-16/h1-10,17-20H,11-14H2/t17-,18+,19-,20-/m0/s1. The summed E-state index contributed by atoms with van der Waals surface area (Å²) >= 11 is 0. The molecule has 8 heteroatoms. The van der Waals surface area contributed by atoms with Crippen LogP contribution in [-0.2, 0) is 28.4 Å². The first-order chi connectivity index (χ1) is 14.7. The monoisotopic (exact) mass is 414 g/mol. The Hall–Kier alpha value is -2.78. The smallest absolute Gasteiger partial charge is 0.338 e. The number of rotatable bonds is 7. The van der Waals surface area contributed by atoms with Crippen LogP contribution >= 0.6 is 0 Å². The molecule has 158 valence electrons. The van der Waals surface area contributed by atoms with Gasteiger partial charge in [0, 0.05) is 0 Å².